The maximum Gasteiger partial charge on any atom is 0.331 e. The molecule has 28 heavy (non-hydrogen) atoms. The summed E-state index contributed by atoms with van der Waals surface area (Å²) < 4.78 is 10.5. The van der Waals surface area contributed by atoms with Gasteiger partial charge in [-0.15, -0.1) is 0 Å². The maximum absolute atomic E-state index is 12.3. The third-order valence-electron chi connectivity index (χ3n) is 4.25. The molecule has 0 fully saturated rings. The second kappa shape index (κ2) is 9.12. The van der Waals surface area contributed by atoms with Gasteiger partial charge in [0.25, 0.3) is 0 Å². The van der Waals surface area contributed by atoms with Gasteiger partial charge < -0.3 is 19.7 Å². The van der Waals surface area contributed by atoms with Crippen molar-refractivity contribution in [2.45, 2.75) is 24.4 Å². The van der Waals surface area contributed by atoms with E-state index in [1.165, 1.54) is 12.2 Å². The van der Waals surface area contributed by atoms with Crippen LogP contribution in [0.5, 0.6) is 0 Å². The van der Waals surface area contributed by atoms with Crippen molar-refractivity contribution in [1.29, 1.82) is 0 Å². The molecule has 2 N–H and O–H groups in total. The molecule has 6 nitrogen and oxygen atoms in total. The van der Waals surface area contributed by atoms with Crippen LogP contribution in [-0.2, 0) is 19.1 Å². The van der Waals surface area contributed by atoms with Gasteiger partial charge in [-0.2, -0.15) is 0 Å². The van der Waals surface area contributed by atoms with Crippen LogP contribution in [0.3, 0.4) is 0 Å². The minimum absolute atomic E-state index is 0.509. The molecule has 4 atom stereocenters. The Kier molecular flexibility index (Phi) is 6.37. The van der Waals surface area contributed by atoms with E-state index >= 15 is 0 Å². The van der Waals surface area contributed by atoms with Crippen LogP contribution in [0, 0.1) is 0 Å². The molecule has 0 unspecified atom stereocenters. The minimum Gasteiger partial charge on any atom is -0.453 e. The topological polar surface area (TPSA) is 93.1 Å². The van der Waals surface area contributed by atoms with Gasteiger partial charge in [0.15, 0.2) is 12.2 Å². The van der Waals surface area contributed by atoms with Gasteiger partial charge in [0.1, 0.15) is 12.2 Å². The highest BCUT2D eigenvalue weighted by atomic mass is 16.6. The zero-order chi connectivity index (χ0) is 19.9. The zero-order valence-corrected chi connectivity index (χ0v) is 14.9. The molecule has 1 aliphatic rings. The summed E-state index contributed by atoms with van der Waals surface area (Å²) in [7, 11) is 0. The van der Waals surface area contributed by atoms with Crippen molar-refractivity contribution < 1.29 is 29.3 Å². The van der Waals surface area contributed by atoms with Gasteiger partial charge in [-0.05, 0) is 23.3 Å². The highest BCUT2D eigenvalue weighted by molar-refractivity contribution is 5.87. The molecule has 0 spiro atoms. The summed E-state index contributed by atoms with van der Waals surface area (Å²) in [6.45, 7) is 0. The van der Waals surface area contributed by atoms with Crippen molar-refractivity contribution >= 4 is 18.0 Å². The summed E-state index contributed by atoms with van der Waals surface area (Å²) in [6, 6.07) is 17.8. The molecule has 1 heterocycles. The quantitative estimate of drug-likeness (QED) is 0.589. The van der Waals surface area contributed by atoms with E-state index in [1.807, 2.05) is 30.3 Å². The molecule has 6 heteroatoms. The number of rotatable bonds is 6. The first-order chi connectivity index (χ1) is 13.5. The number of aliphatic hydroxyl groups excluding tert-OH is 2. The van der Waals surface area contributed by atoms with E-state index in [0.29, 0.717) is 5.56 Å². The van der Waals surface area contributed by atoms with Crippen LogP contribution in [-0.4, -0.2) is 40.5 Å². The molecule has 0 bridgehead atoms. The Labute approximate surface area is 162 Å². The van der Waals surface area contributed by atoms with Crippen LogP contribution in [0.4, 0.5) is 0 Å². The molecule has 0 amide bonds. The predicted molar refractivity (Wildman–Crippen MR) is 102 cm³/mol. The third kappa shape index (κ3) is 4.94. The van der Waals surface area contributed by atoms with Crippen LogP contribution in [0.2, 0.25) is 0 Å². The summed E-state index contributed by atoms with van der Waals surface area (Å²) >= 11 is 0. The van der Waals surface area contributed by atoms with Crippen LogP contribution in [0.25, 0.3) is 6.08 Å². The Morgan fingerprint density at radius 2 is 1.71 bits per heavy atom. The van der Waals surface area contributed by atoms with E-state index in [0.717, 1.165) is 11.6 Å². The lowest BCUT2D eigenvalue weighted by molar-refractivity contribution is -0.175. The van der Waals surface area contributed by atoms with Gasteiger partial charge in [0.05, 0.1) is 0 Å². The number of cyclic esters (lactones) is 1. The molecule has 0 saturated heterocycles. The minimum atomic E-state index is -1.46. The number of ether oxygens (including phenoxy) is 2. The molecule has 0 aromatic heterocycles. The second-order valence-electron chi connectivity index (χ2n) is 6.25. The lowest BCUT2D eigenvalue weighted by atomic mass is 9.96. The molecule has 0 radical (unpaired) electrons. The van der Waals surface area contributed by atoms with E-state index in [9.17, 15) is 19.8 Å². The fourth-order valence-corrected chi connectivity index (χ4v) is 2.84. The third-order valence-corrected chi connectivity index (χ3v) is 4.25. The summed E-state index contributed by atoms with van der Waals surface area (Å²) in [5.74, 6) is -1.36. The zero-order valence-electron chi connectivity index (χ0n) is 14.9. The van der Waals surface area contributed by atoms with Gasteiger partial charge in [0, 0.05) is 12.2 Å². The molecule has 3 rings (SSSR count). The normalized spacial score (nSPS) is 21.1. The molecule has 0 saturated carbocycles. The number of aliphatic hydroxyl groups is 2. The Bertz CT molecular complexity index is 859. The van der Waals surface area contributed by atoms with Crippen LogP contribution in [0.15, 0.2) is 78.9 Å². The van der Waals surface area contributed by atoms with Crippen molar-refractivity contribution in [2.24, 2.45) is 0 Å². The lowest BCUT2D eigenvalue weighted by Crippen LogP contribution is -2.46. The molecular weight excluding hydrogens is 360 g/mol. The van der Waals surface area contributed by atoms with Gasteiger partial charge >= 0.3 is 11.9 Å². The predicted octanol–water partition coefficient (Wildman–Crippen LogP) is 2.19. The Hall–Kier alpha value is -3.22. The lowest BCUT2D eigenvalue weighted by Gasteiger charge is -2.32. The summed E-state index contributed by atoms with van der Waals surface area (Å²) in [6.07, 6.45) is 0.106. The Morgan fingerprint density at radius 1 is 1.07 bits per heavy atom. The fourth-order valence-electron chi connectivity index (χ4n) is 2.84. The van der Waals surface area contributed by atoms with E-state index in [2.05, 4.69) is 0 Å². The average Bonchev–Trinajstić information content (AvgIpc) is 2.73. The SMILES string of the molecule is O=C1C=C[C@H](O)[C@H]([C@H](O)[C@H](OC(=O)/C=C/c2ccccc2)c2ccccc2)O1. The molecule has 1 aliphatic heterocycles. The fraction of sp³-hybridized carbons (Fsp3) is 0.182. The van der Waals surface area contributed by atoms with Crippen LogP contribution < -0.4 is 0 Å². The van der Waals surface area contributed by atoms with Crippen LogP contribution in [0.1, 0.15) is 17.2 Å². The standard InChI is InChI=1S/C22H20O6/c23-17-12-14-19(25)28-22(17)20(26)21(16-9-5-2-6-10-16)27-18(24)13-11-15-7-3-1-4-8-15/h1-14,17,20-23,26H/b13-11+/t17-,20+,21+,22+/m0/s1. The number of carbonyl (C=O) groups excluding carboxylic acids is 2. The monoisotopic (exact) mass is 380 g/mol. The largest absolute Gasteiger partial charge is 0.453 e. The summed E-state index contributed by atoms with van der Waals surface area (Å²) in [5, 5.41) is 20.8. The summed E-state index contributed by atoms with van der Waals surface area (Å²) in [4.78, 5) is 23.8. The smallest absolute Gasteiger partial charge is 0.331 e. The number of benzene rings is 2. The van der Waals surface area contributed by atoms with Crippen molar-refractivity contribution in [3.63, 3.8) is 0 Å². The first kappa shape index (κ1) is 19.5. The van der Waals surface area contributed by atoms with E-state index < -0.39 is 36.4 Å². The number of hydrogen-bond donors (Lipinski definition) is 2. The average molecular weight is 380 g/mol. The highest BCUT2D eigenvalue weighted by Crippen LogP contribution is 2.28. The first-order valence-electron chi connectivity index (χ1n) is 8.78. The van der Waals surface area contributed by atoms with Crippen LogP contribution >= 0.6 is 0 Å². The van der Waals surface area contributed by atoms with Gasteiger partial charge in [-0.1, -0.05) is 60.7 Å². The Balaban J connectivity index is 1.79. The summed E-state index contributed by atoms with van der Waals surface area (Å²) in [5.41, 5.74) is 1.33. The molecule has 144 valence electrons. The molecule has 0 aliphatic carbocycles. The molecule has 2 aromatic carbocycles. The Morgan fingerprint density at radius 3 is 2.39 bits per heavy atom. The number of hydrogen-bond acceptors (Lipinski definition) is 6. The number of esters is 2. The van der Waals surface area contributed by atoms with Crippen molar-refractivity contribution in [2.75, 3.05) is 0 Å². The van der Waals surface area contributed by atoms with E-state index in [-0.39, 0.29) is 0 Å². The van der Waals surface area contributed by atoms with Gasteiger partial charge in [-0.25, -0.2) is 9.59 Å². The van der Waals surface area contributed by atoms with Gasteiger partial charge in [0.2, 0.25) is 0 Å². The van der Waals surface area contributed by atoms with Crippen molar-refractivity contribution in [1.82, 2.24) is 0 Å². The highest BCUT2D eigenvalue weighted by Gasteiger charge is 2.39. The second-order valence-corrected chi connectivity index (χ2v) is 6.25. The van der Waals surface area contributed by atoms with Crippen molar-refractivity contribution in [3.8, 4) is 0 Å². The van der Waals surface area contributed by atoms with E-state index in [4.69, 9.17) is 9.47 Å². The number of carbonyl (C=O) groups is 2. The first-order valence-corrected chi connectivity index (χ1v) is 8.78. The molecule has 2 aromatic rings. The molecular formula is C22H20O6. The maximum atomic E-state index is 12.3. The van der Waals surface area contributed by atoms with E-state index in [1.54, 1.807) is 36.4 Å². The van der Waals surface area contributed by atoms with Gasteiger partial charge in [-0.3, -0.25) is 0 Å². The van der Waals surface area contributed by atoms with Crippen molar-refractivity contribution in [3.05, 3.63) is 90.0 Å².